The van der Waals surface area contributed by atoms with Gasteiger partial charge in [-0.15, -0.1) is 0 Å². The molecule has 0 saturated heterocycles. The molecule has 0 saturated carbocycles. The molecule has 7 heteroatoms. The number of halogens is 1. The minimum Gasteiger partial charge on any atom is -0.349 e. The first kappa shape index (κ1) is 21.3. The zero-order chi connectivity index (χ0) is 19.8. The Morgan fingerprint density at radius 1 is 1.04 bits per heavy atom. The molecule has 27 heavy (non-hydrogen) atoms. The average Bonchev–Trinajstić information content (AvgIpc) is 2.57. The van der Waals surface area contributed by atoms with Gasteiger partial charge in [-0.3, -0.25) is 9.59 Å². The second kappa shape index (κ2) is 10.3. The fourth-order valence-corrected chi connectivity index (χ4v) is 3.49. The monoisotopic (exact) mass is 406 g/mol. The fraction of sp³-hybridized carbons (Fsp3) is 0.300. The van der Waals surface area contributed by atoms with E-state index in [1.54, 1.807) is 11.8 Å². The van der Waals surface area contributed by atoms with E-state index in [0.717, 1.165) is 20.4 Å². The van der Waals surface area contributed by atoms with Crippen molar-refractivity contribution in [3.63, 3.8) is 0 Å². The normalized spacial score (nSPS) is 11.9. The Kier molecular flexibility index (Phi) is 8.16. The van der Waals surface area contributed by atoms with Crippen LogP contribution in [0, 0.1) is 0 Å². The molecule has 0 radical (unpaired) electrons. The Morgan fingerprint density at radius 2 is 1.67 bits per heavy atom. The highest BCUT2D eigenvalue weighted by atomic mass is 35.5. The van der Waals surface area contributed by atoms with Crippen molar-refractivity contribution in [2.75, 3.05) is 25.5 Å². The molecule has 0 spiro atoms. The van der Waals surface area contributed by atoms with E-state index < -0.39 is 0 Å². The van der Waals surface area contributed by atoms with Crippen molar-refractivity contribution in [1.82, 2.24) is 5.32 Å². The van der Waals surface area contributed by atoms with Crippen LogP contribution in [0.25, 0.3) is 0 Å². The molecule has 1 atom stereocenters. The topological polar surface area (TPSA) is 62.6 Å². The molecule has 0 aliphatic carbocycles. The van der Waals surface area contributed by atoms with E-state index in [1.807, 2.05) is 69.4 Å². The maximum atomic E-state index is 12.4. The number of anilines is 1. The summed E-state index contributed by atoms with van der Waals surface area (Å²) in [5.74, 6) is -0.192. The third-order valence-electron chi connectivity index (χ3n) is 3.58. The molecule has 0 aromatic heterocycles. The summed E-state index contributed by atoms with van der Waals surface area (Å²) in [6.07, 6.45) is 0. The maximum absolute atomic E-state index is 12.4. The molecule has 1 unspecified atom stereocenters. The summed E-state index contributed by atoms with van der Waals surface area (Å²) < 4.78 is 0. The molecular formula is C20H25ClN3O2S+. The molecule has 2 aromatic carbocycles. The van der Waals surface area contributed by atoms with Gasteiger partial charge in [0.1, 0.15) is 0 Å². The lowest BCUT2D eigenvalue weighted by molar-refractivity contribution is -0.862. The van der Waals surface area contributed by atoms with Gasteiger partial charge in [0.25, 0.3) is 11.8 Å². The first-order chi connectivity index (χ1) is 12.8. The Morgan fingerprint density at radius 3 is 2.33 bits per heavy atom. The Balaban J connectivity index is 1.95. The SMILES string of the molecule is CC(C)NC(=O)C[NH+](C)CC(=O)Nc1ccccc1Sc1ccc(Cl)cc1. The summed E-state index contributed by atoms with van der Waals surface area (Å²) in [4.78, 5) is 27.0. The zero-order valence-electron chi connectivity index (χ0n) is 15.7. The molecule has 144 valence electrons. The highest BCUT2D eigenvalue weighted by Gasteiger charge is 2.16. The van der Waals surface area contributed by atoms with E-state index in [0.29, 0.717) is 5.02 Å². The molecule has 2 rings (SSSR count). The zero-order valence-corrected chi connectivity index (χ0v) is 17.3. The van der Waals surface area contributed by atoms with Gasteiger partial charge in [-0.1, -0.05) is 35.5 Å². The smallest absolute Gasteiger partial charge is 0.279 e. The van der Waals surface area contributed by atoms with Crippen molar-refractivity contribution < 1.29 is 14.5 Å². The van der Waals surface area contributed by atoms with Crippen molar-refractivity contribution in [3.05, 3.63) is 53.6 Å². The molecule has 0 aliphatic heterocycles. The number of benzene rings is 2. The van der Waals surface area contributed by atoms with E-state index >= 15 is 0 Å². The molecule has 0 bridgehead atoms. The van der Waals surface area contributed by atoms with E-state index in [-0.39, 0.29) is 30.9 Å². The lowest BCUT2D eigenvalue weighted by Crippen LogP contribution is -3.11. The minimum absolute atomic E-state index is 0.0611. The second-order valence-electron chi connectivity index (χ2n) is 6.63. The number of quaternary nitrogens is 1. The number of carbonyl (C=O) groups is 2. The van der Waals surface area contributed by atoms with Gasteiger partial charge in [0.2, 0.25) is 0 Å². The molecular weight excluding hydrogens is 382 g/mol. The van der Waals surface area contributed by atoms with Crippen LogP contribution >= 0.6 is 23.4 Å². The first-order valence-corrected chi connectivity index (χ1v) is 9.96. The maximum Gasteiger partial charge on any atom is 0.279 e. The van der Waals surface area contributed by atoms with Crippen LogP contribution in [0.2, 0.25) is 5.02 Å². The van der Waals surface area contributed by atoms with Gasteiger partial charge in [0.15, 0.2) is 13.1 Å². The molecule has 0 fully saturated rings. The van der Waals surface area contributed by atoms with Gasteiger partial charge in [-0.2, -0.15) is 0 Å². The Labute approximate surface area is 169 Å². The van der Waals surface area contributed by atoms with Gasteiger partial charge < -0.3 is 15.5 Å². The molecule has 0 aliphatic rings. The number of carbonyl (C=O) groups excluding carboxylic acids is 2. The average molecular weight is 407 g/mol. The van der Waals surface area contributed by atoms with E-state index in [2.05, 4.69) is 10.6 Å². The second-order valence-corrected chi connectivity index (χ2v) is 8.18. The van der Waals surface area contributed by atoms with Crippen LogP contribution in [-0.2, 0) is 9.59 Å². The van der Waals surface area contributed by atoms with Crippen molar-refractivity contribution >= 4 is 40.9 Å². The summed E-state index contributed by atoms with van der Waals surface area (Å²) in [5.41, 5.74) is 0.752. The highest BCUT2D eigenvalue weighted by molar-refractivity contribution is 7.99. The van der Waals surface area contributed by atoms with Crippen LogP contribution in [-0.4, -0.2) is 38.0 Å². The number of hydrogen-bond acceptors (Lipinski definition) is 3. The molecule has 3 N–H and O–H groups in total. The fourth-order valence-electron chi connectivity index (χ4n) is 2.47. The Hall–Kier alpha value is -2.02. The molecule has 0 heterocycles. The lowest BCUT2D eigenvalue weighted by atomic mass is 10.3. The standard InChI is InChI=1S/C20H24ClN3O2S/c1-14(2)22-19(25)12-24(3)13-20(26)23-17-6-4-5-7-18(17)27-16-10-8-15(21)9-11-16/h4-11,14H,12-13H2,1-3H3,(H,22,25)(H,23,26)/p+1. The minimum atomic E-state index is -0.131. The third kappa shape index (κ3) is 7.62. The quantitative estimate of drug-likeness (QED) is 0.631. The summed E-state index contributed by atoms with van der Waals surface area (Å²) in [5, 5.41) is 6.47. The highest BCUT2D eigenvalue weighted by Crippen LogP contribution is 2.33. The van der Waals surface area contributed by atoms with Gasteiger partial charge in [-0.05, 0) is 50.2 Å². The van der Waals surface area contributed by atoms with E-state index in [9.17, 15) is 9.59 Å². The van der Waals surface area contributed by atoms with Crippen molar-refractivity contribution in [1.29, 1.82) is 0 Å². The van der Waals surface area contributed by atoms with Gasteiger partial charge in [0, 0.05) is 20.9 Å². The van der Waals surface area contributed by atoms with Crippen molar-refractivity contribution in [3.8, 4) is 0 Å². The number of hydrogen-bond donors (Lipinski definition) is 3. The summed E-state index contributed by atoms with van der Waals surface area (Å²) in [7, 11) is 1.83. The third-order valence-corrected chi connectivity index (χ3v) is 4.91. The molecule has 2 amide bonds. The number of para-hydroxylation sites is 1. The first-order valence-electron chi connectivity index (χ1n) is 8.76. The summed E-state index contributed by atoms with van der Waals surface area (Å²) >= 11 is 7.49. The van der Waals surface area contributed by atoms with Crippen LogP contribution in [0.1, 0.15) is 13.8 Å². The number of rotatable bonds is 8. The Bertz CT molecular complexity index is 781. The van der Waals surface area contributed by atoms with Crippen LogP contribution in [0.3, 0.4) is 0 Å². The van der Waals surface area contributed by atoms with Gasteiger partial charge in [-0.25, -0.2) is 0 Å². The summed E-state index contributed by atoms with van der Waals surface area (Å²) in [6, 6.07) is 15.3. The van der Waals surface area contributed by atoms with Gasteiger partial charge >= 0.3 is 0 Å². The van der Waals surface area contributed by atoms with Gasteiger partial charge in [0.05, 0.1) is 12.7 Å². The number of likely N-dealkylation sites (N-methyl/N-ethyl adjacent to an activating group) is 1. The molecule has 2 aromatic rings. The van der Waals surface area contributed by atoms with Crippen molar-refractivity contribution in [2.45, 2.75) is 29.7 Å². The van der Waals surface area contributed by atoms with E-state index in [4.69, 9.17) is 11.6 Å². The predicted molar refractivity (Wildman–Crippen MR) is 111 cm³/mol. The van der Waals surface area contributed by atoms with Crippen LogP contribution in [0.4, 0.5) is 5.69 Å². The van der Waals surface area contributed by atoms with Crippen LogP contribution in [0.5, 0.6) is 0 Å². The van der Waals surface area contributed by atoms with Crippen molar-refractivity contribution in [2.24, 2.45) is 0 Å². The van der Waals surface area contributed by atoms with Crippen LogP contribution < -0.4 is 15.5 Å². The largest absolute Gasteiger partial charge is 0.349 e. The molecule has 5 nitrogen and oxygen atoms in total. The predicted octanol–water partition coefficient (Wildman–Crippen LogP) is 2.47. The summed E-state index contributed by atoms with van der Waals surface area (Å²) in [6.45, 7) is 4.29. The number of nitrogens with one attached hydrogen (secondary N) is 3. The lowest BCUT2D eigenvalue weighted by Gasteiger charge is -2.16. The van der Waals surface area contributed by atoms with E-state index in [1.165, 1.54) is 0 Å². The van der Waals surface area contributed by atoms with Crippen LogP contribution in [0.15, 0.2) is 58.3 Å². The number of amides is 2.